The highest BCUT2D eigenvalue weighted by atomic mass is 16.5. The number of aryl methyl sites for hydroxylation is 2. The highest BCUT2D eigenvalue weighted by Gasteiger charge is 2.22. The van der Waals surface area contributed by atoms with Gasteiger partial charge in [-0.3, -0.25) is 9.59 Å². The summed E-state index contributed by atoms with van der Waals surface area (Å²) in [4.78, 5) is 28.5. The van der Waals surface area contributed by atoms with Gasteiger partial charge in [-0.1, -0.05) is 29.8 Å². The van der Waals surface area contributed by atoms with Crippen LogP contribution in [-0.2, 0) is 9.59 Å². The van der Waals surface area contributed by atoms with Crippen molar-refractivity contribution in [2.24, 2.45) is 0 Å². The van der Waals surface area contributed by atoms with Gasteiger partial charge in [-0.05, 0) is 50.1 Å². The second kappa shape index (κ2) is 9.45. The Hall–Kier alpha value is -3.02. The Balaban J connectivity index is 1.41. The van der Waals surface area contributed by atoms with Crippen LogP contribution in [0.2, 0.25) is 0 Å². The number of piperazine rings is 1. The molecule has 0 spiro atoms. The number of rotatable bonds is 6. The molecular formula is C23H29N3O3. The third-order valence-electron chi connectivity index (χ3n) is 5.38. The minimum atomic E-state index is -0.298. The van der Waals surface area contributed by atoms with E-state index in [0.717, 1.165) is 18.7 Å². The lowest BCUT2D eigenvalue weighted by Gasteiger charge is -2.37. The topological polar surface area (TPSA) is 61.9 Å². The average molecular weight is 396 g/mol. The summed E-state index contributed by atoms with van der Waals surface area (Å²) < 4.78 is 5.44. The van der Waals surface area contributed by atoms with Gasteiger partial charge in [0.15, 0.2) is 6.61 Å². The van der Waals surface area contributed by atoms with Gasteiger partial charge in [-0.2, -0.15) is 0 Å². The van der Waals surface area contributed by atoms with Crippen molar-refractivity contribution in [2.75, 3.05) is 44.2 Å². The Morgan fingerprint density at radius 2 is 1.66 bits per heavy atom. The van der Waals surface area contributed by atoms with Crippen LogP contribution >= 0.6 is 0 Å². The first kappa shape index (κ1) is 20.7. The van der Waals surface area contributed by atoms with E-state index >= 15 is 0 Å². The quantitative estimate of drug-likeness (QED) is 0.816. The Morgan fingerprint density at radius 1 is 0.966 bits per heavy atom. The van der Waals surface area contributed by atoms with Gasteiger partial charge in [0.05, 0.1) is 6.54 Å². The Bertz CT molecular complexity index is 856. The van der Waals surface area contributed by atoms with Gasteiger partial charge in [-0.25, -0.2) is 0 Å². The lowest BCUT2D eigenvalue weighted by molar-refractivity contribution is -0.133. The molecule has 1 heterocycles. The summed E-state index contributed by atoms with van der Waals surface area (Å²) in [6.45, 7) is 9.03. The first-order chi connectivity index (χ1) is 13.9. The maximum atomic E-state index is 12.4. The predicted octanol–water partition coefficient (Wildman–Crippen LogP) is 2.46. The van der Waals surface area contributed by atoms with Gasteiger partial charge < -0.3 is 19.9 Å². The van der Waals surface area contributed by atoms with Crippen LogP contribution in [0.25, 0.3) is 0 Å². The number of nitrogens with one attached hydrogen (secondary N) is 1. The van der Waals surface area contributed by atoms with E-state index in [1.807, 2.05) is 36.1 Å². The molecule has 1 fully saturated rings. The molecule has 2 aromatic rings. The summed E-state index contributed by atoms with van der Waals surface area (Å²) in [5.74, 6) is 0.280. The SMILES string of the molecule is Cc1ccc(OCC(=O)NCC(=O)N2CCN(c3cccc(C)c3C)CC2)cc1. The van der Waals surface area contributed by atoms with Gasteiger partial charge in [0, 0.05) is 31.9 Å². The lowest BCUT2D eigenvalue weighted by atomic mass is 10.1. The van der Waals surface area contributed by atoms with Gasteiger partial charge >= 0.3 is 0 Å². The highest BCUT2D eigenvalue weighted by molar-refractivity contribution is 5.85. The summed E-state index contributed by atoms with van der Waals surface area (Å²) >= 11 is 0. The third-order valence-corrected chi connectivity index (χ3v) is 5.38. The molecule has 6 nitrogen and oxygen atoms in total. The van der Waals surface area contributed by atoms with Crippen molar-refractivity contribution in [3.05, 3.63) is 59.2 Å². The molecule has 0 aromatic heterocycles. The van der Waals surface area contributed by atoms with Crippen LogP contribution < -0.4 is 15.0 Å². The minimum absolute atomic E-state index is 0.000432. The van der Waals surface area contributed by atoms with Gasteiger partial charge in [0.25, 0.3) is 5.91 Å². The van der Waals surface area contributed by atoms with Crippen LogP contribution in [0.1, 0.15) is 16.7 Å². The zero-order valence-electron chi connectivity index (χ0n) is 17.4. The van der Waals surface area contributed by atoms with E-state index in [9.17, 15) is 9.59 Å². The molecule has 1 N–H and O–H groups in total. The molecule has 29 heavy (non-hydrogen) atoms. The van der Waals surface area contributed by atoms with Crippen molar-refractivity contribution in [3.63, 3.8) is 0 Å². The van der Waals surface area contributed by atoms with Crippen molar-refractivity contribution in [1.29, 1.82) is 0 Å². The highest BCUT2D eigenvalue weighted by Crippen LogP contribution is 2.23. The zero-order chi connectivity index (χ0) is 20.8. The zero-order valence-corrected chi connectivity index (χ0v) is 17.4. The molecular weight excluding hydrogens is 366 g/mol. The van der Waals surface area contributed by atoms with Crippen molar-refractivity contribution in [1.82, 2.24) is 10.2 Å². The molecule has 0 unspecified atom stereocenters. The number of anilines is 1. The van der Waals surface area contributed by atoms with Crippen LogP contribution in [0.4, 0.5) is 5.69 Å². The van der Waals surface area contributed by atoms with E-state index in [4.69, 9.17) is 4.74 Å². The number of benzene rings is 2. The van der Waals surface area contributed by atoms with Crippen LogP contribution in [0, 0.1) is 20.8 Å². The molecule has 0 saturated carbocycles. The first-order valence-electron chi connectivity index (χ1n) is 9.99. The maximum Gasteiger partial charge on any atom is 0.258 e. The molecule has 0 atom stereocenters. The predicted molar refractivity (Wildman–Crippen MR) is 114 cm³/mol. The molecule has 0 aliphatic carbocycles. The van der Waals surface area contributed by atoms with Gasteiger partial charge in [-0.15, -0.1) is 0 Å². The molecule has 154 valence electrons. The van der Waals surface area contributed by atoms with E-state index < -0.39 is 0 Å². The van der Waals surface area contributed by atoms with Crippen LogP contribution in [0.15, 0.2) is 42.5 Å². The van der Waals surface area contributed by atoms with E-state index in [1.165, 1.54) is 16.8 Å². The number of nitrogens with zero attached hydrogens (tertiary/aromatic N) is 2. The third kappa shape index (κ3) is 5.50. The van der Waals surface area contributed by atoms with Crippen LogP contribution in [0.3, 0.4) is 0 Å². The number of hydrogen-bond acceptors (Lipinski definition) is 4. The standard InChI is InChI=1S/C23H29N3O3/c1-17-7-9-20(10-8-17)29-16-22(27)24-15-23(28)26-13-11-25(12-14-26)21-6-4-5-18(2)19(21)3/h4-10H,11-16H2,1-3H3,(H,24,27). The minimum Gasteiger partial charge on any atom is -0.484 e. The molecule has 6 heteroatoms. The maximum absolute atomic E-state index is 12.4. The molecule has 0 bridgehead atoms. The fraction of sp³-hybridized carbons (Fsp3) is 0.391. The molecule has 2 aromatic carbocycles. The molecule has 0 radical (unpaired) electrons. The molecule has 2 amide bonds. The smallest absolute Gasteiger partial charge is 0.258 e. The van der Waals surface area contributed by atoms with E-state index in [-0.39, 0.29) is 25.0 Å². The van der Waals surface area contributed by atoms with Crippen molar-refractivity contribution in [3.8, 4) is 5.75 Å². The molecule has 3 rings (SSSR count). The summed E-state index contributed by atoms with van der Waals surface area (Å²) in [6, 6.07) is 13.8. The second-order valence-corrected chi connectivity index (χ2v) is 7.47. The van der Waals surface area contributed by atoms with E-state index in [1.54, 1.807) is 0 Å². The fourth-order valence-corrected chi connectivity index (χ4v) is 3.40. The number of amides is 2. The molecule has 1 aliphatic heterocycles. The summed E-state index contributed by atoms with van der Waals surface area (Å²) in [5, 5.41) is 2.65. The largest absolute Gasteiger partial charge is 0.484 e. The Kier molecular flexibility index (Phi) is 6.75. The van der Waals surface area contributed by atoms with E-state index in [0.29, 0.717) is 18.8 Å². The van der Waals surface area contributed by atoms with Crippen molar-refractivity contribution >= 4 is 17.5 Å². The molecule has 1 saturated heterocycles. The molecule has 1 aliphatic rings. The number of ether oxygens (including phenoxy) is 1. The summed E-state index contributed by atoms with van der Waals surface area (Å²) in [7, 11) is 0. The number of carbonyl (C=O) groups is 2. The van der Waals surface area contributed by atoms with Crippen LogP contribution in [0.5, 0.6) is 5.75 Å². The number of hydrogen-bond donors (Lipinski definition) is 1. The lowest BCUT2D eigenvalue weighted by Crippen LogP contribution is -2.51. The first-order valence-corrected chi connectivity index (χ1v) is 9.99. The van der Waals surface area contributed by atoms with Crippen molar-refractivity contribution in [2.45, 2.75) is 20.8 Å². The number of carbonyl (C=O) groups excluding carboxylic acids is 2. The Labute approximate surface area is 172 Å². The fourth-order valence-electron chi connectivity index (χ4n) is 3.40. The van der Waals surface area contributed by atoms with Gasteiger partial charge in [0.1, 0.15) is 5.75 Å². The van der Waals surface area contributed by atoms with E-state index in [2.05, 4.69) is 42.3 Å². The van der Waals surface area contributed by atoms with Gasteiger partial charge in [0.2, 0.25) is 5.91 Å². The summed E-state index contributed by atoms with van der Waals surface area (Å²) in [6.07, 6.45) is 0. The second-order valence-electron chi connectivity index (χ2n) is 7.47. The monoisotopic (exact) mass is 395 g/mol. The van der Waals surface area contributed by atoms with Crippen molar-refractivity contribution < 1.29 is 14.3 Å². The Morgan fingerprint density at radius 3 is 2.34 bits per heavy atom. The normalized spacial score (nSPS) is 13.9. The summed E-state index contributed by atoms with van der Waals surface area (Å²) in [5.41, 5.74) is 4.92. The average Bonchev–Trinajstić information content (AvgIpc) is 2.73. The van der Waals surface area contributed by atoms with Crippen LogP contribution in [-0.4, -0.2) is 56.0 Å².